The standard InChI is InChI=1S/C19H23FN2O4/c1-19(25,11-4-12-23)13-21-18(24)22-14-7-9-15(10-8-14)26-17-6-3-2-5-16(17)20/h2-3,5-10,23,25H,4,11-13H2,1H3,(H2,21,22,24)/t19-/m1/s1. The number of urea groups is 1. The zero-order chi connectivity index (χ0) is 19.0. The van der Waals surface area contributed by atoms with Gasteiger partial charge in [0.1, 0.15) is 5.75 Å². The van der Waals surface area contributed by atoms with Gasteiger partial charge < -0.3 is 25.6 Å². The van der Waals surface area contributed by atoms with Crippen molar-refractivity contribution in [1.29, 1.82) is 0 Å². The van der Waals surface area contributed by atoms with Gasteiger partial charge in [-0.05, 0) is 56.2 Å². The second-order valence-electron chi connectivity index (χ2n) is 6.19. The molecule has 0 bridgehead atoms. The van der Waals surface area contributed by atoms with Crippen LogP contribution in [0.2, 0.25) is 0 Å². The van der Waals surface area contributed by atoms with E-state index in [-0.39, 0.29) is 18.9 Å². The Morgan fingerprint density at radius 3 is 2.54 bits per heavy atom. The molecule has 1 atom stereocenters. The summed E-state index contributed by atoms with van der Waals surface area (Å²) in [6.07, 6.45) is 0.839. The molecule has 2 amide bonds. The topological polar surface area (TPSA) is 90.8 Å². The van der Waals surface area contributed by atoms with Crippen LogP contribution in [0.3, 0.4) is 0 Å². The highest BCUT2D eigenvalue weighted by molar-refractivity contribution is 5.89. The largest absolute Gasteiger partial charge is 0.454 e. The van der Waals surface area contributed by atoms with Gasteiger partial charge in [0.25, 0.3) is 0 Å². The highest BCUT2D eigenvalue weighted by atomic mass is 19.1. The van der Waals surface area contributed by atoms with Crippen molar-refractivity contribution >= 4 is 11.7 Å². The lowest BCUT2D eigenvalue weighted by Crippen LogP contribution is -2.42. The van der Waals surface area contributed by atoms with Gasteiger partial charge in [-0.15, -0.1) is 0 Å². The summed E-state index contributed by atoms with van der Waals surface area (Å²) >= 11 is 0. The maximum atomic E-state index is 13.6. The molecule has 0 aliphatic carbocycles. The summed E-state index contributed by atoms with van der Waals surface area (Å²) < 4.78 is 19.0. The molecule has 0 saturated heterocycles. The highest BCUT2D eigenvalue weighted by Gasteiger charge is 2.20. The zero-order valence-corrected chi connectivity index (χ0v) is 14.5. The summed E-state index contributed by atoms with van der Waals surface area (Å²) in [6.45, 7) is 1.65. The molecular formula is C19H23FN2O4. The molecule has 0 heterocycles. The van der Waals surface area contributed by atoms with Crippen LogP contribution in [0.5, 0.6) is 11.5 Å². The van der Waals surface area contributed by atoms with E-state index in [1.807, 2.05) is 0 Å². The first-order valence-corrected chi connectivity index (χ1v) is 8.30. The van der Waals surface area contributed by atoms with Crippen LogP contribution in [0.4, 0.5) is 14.9 Å². The van der Waals surface area contributed by atoms with Gasteiger partial charge in [0.2, 0.25) is 0 Å². The molecule has 0 spiro atoms. The molecule has 4 N–H and O–H groups in total. The first kappa shape index (κ1) is 19.7. The number of carbonyl (C=O) groups is 1. The molecule has 0 saturated carbocycles. The molecule has 0 fully saturated rings. The Bertz CT molecular complexity index is 720. The summed E-state index contributed by atoms with van der Waals surface area (Å²) in [4.78, 5) is 11.9. The number of halogens is 1. The van der Waals surface area contributed by atoms with Gasteiger partial charge in [-0.3, -0.25) is 0 Å². The average molecular weight is 362 g/mol. The Kier molecular flexibility index (Phi) is 6.94. The van der Waals surface area contributed by atoms with Crippen molar-refractivity contribution in [3.63, 3.8) is 0 Å². The lowest BCUT2D eigenvalue weighted by atomic mass is 10.0. The second-order valence-corrected chi connectivity index (χ2v) is 6.19. The minimum Gasteiger partial charge on any atom is -0.454 e. The van der Waals surface area contributed by atoms with Gasteiger partial charge in [0.05, 0.1) is 5.60 Å². The number of hydrogen-bond donors (Lipinski definition) is 4. The number of hydrogen-bond acceptors (Lipinski definition) is 4. The third-order valence-corrected chi connectivity index (χ3v) is 3.68. The highest BCUT2D eigenvalue weighted by Crippen LogP contribution is 2.25. The molecule has 140 valence electrons. The van der Waals surface area contributed by atoms with Crippen LogP contribution in [0.25, 0.3) is 0 Å². The average Bonchev–Trinajstić information content (AvgIpc) is 2.62. The van der Waals surface area contributed by atoms with Crippen LogP contribution >= 0.6 is 0 Å². The fourth-order valence-corrected chi connectivity index (χ4v) is 2.26. The normalized spacial score (nSPS) is 12.9. The zero-order valence-electron chi connectivity index (χ0n) is 14.5. The van der Waals surface area contributed by atoms with E-state index in [1.165, 1.54) is 12.1 Å². The number of anilines is 1. The van der Waals surface area contributed by atoms with Crippen molar-refractivity contribution in [3.8, 4) is 11.5 Å². The lowest BCUT2D eigenvalue weighted by Gasteiger charge is -2.23. The number of nitrogens with one attached hydrogen (secondary N) is 2. The van der Waals surface area contributed by atoms with Crippen LogP contribution in [0, 0.1) is 5.82 Å². The second kappa shape index (κ2) is 9.17. The van der Waals surface area contributed by atoms with Crippen LogP contribution < -0.4 is 15.4 Å². The van der Waals surface area contributed by atoms with E-state index in [1.54, 1.807) is 43.3 Å². The van der Waals surface area contributed by atoms with Crippen LogP contribution in [0.1, 0.15) is 19.8 Å². The fraction of sp³-hybridized carbons (Fsp3) is 0.316. The molecule has 0 radical (unpaired) electrons. The van der Waals surface area contributed by atoms with Crippen LogP contribution in [0.15, 0.2) is 48.5 Å². The van der Waals surface area contributed by atoms with E-state index in [0.717, 1.165) is 0 Å². The van der Waals surface area contributed by atoms with Gasteiger partial charge in [-0.25, -0.2) is 9.18 Å². The SMILES string of the molecule is C[C@@](O)(CCCO)CNC(=O)Nc1ccc(Oc2ccccc2F)cc1. The first-order chi connectivity index (χ1) is 12.4. The maximum absolute atomic E-state index is 13.6. The quantitative estimate of drug-likeness (QED) is 0.580. The van der Waals surface area contributed by atoms with E-state index in [9.17, 15) is 14.3 Å². The first-order valence-electron chi connectivity index (χ1n) is 8.30. The van der Waals surface area contributed by atoms with Crippen molar-refractivity contribution in [2.24, 2.45) is 0 Å². The third-order valence-electron chi connectivity index (χ3n) is 3.68. The summed E-state index contributed by atoms with van der Waals surface area (Å²) in [7, 11) is 0. The molecule has 6 nitrogen and oxygen atoms in total. The molecule has 2 aromatic carbocycles. The summed E-state index contributed by atoms with van der Waals surface area (Å²) in [5.41, 5.74) is -0.560. The molecule has 0 aliphatic heterocycles. The van der Waals surface area contributed by atoms with Crippen molar-refractivity contribution in [1.82, 2.24) is 5.32 Å². The van der Waals surface area contributed by atoms with Gasteiger partial charge in [-0.2, -0.15) is 0 Å². The van der Waals surface area contributed by atoms with E-state index in [2.05, 4.69) is 10.6 Å². The van der Waals surface area contributed by atoms with Gasteiger partial charge in [-0.1, -0.05) is 12.1 Å². The van der Waals surface area contributed by atoms with Crippen LogP contribution in [-0.2, 0) is 0 Å². The molecule has 7 heteroatoms. The van der Waals surface area contributed by atoms with Crippen molar-refractivity contribution in [2.45, 2.75) is 25.4 Å². The summed E-state index contributed by atoms with van der Waals surface area (Å²) in [6, 6.07) is 12.1. The number of aliphatic hydroxyl groups is 2. The molecule has 26 heavy (non-hydrogen) atoms. The maximum Gasteiger partial charge on any atom is 0.319 e. The van der Waals surface area contributed by atoms with Gasteiger partial charge >= 0.3 is 6.03 Å². The number of ether oxygens (including phenoxy) is 1. The smallest absolute Gasteiger partial charge is 0.319 e. The Balaban J connectivity index is 1.85. The molecule has 0 aliphatic rings. The summed E-state index contributed by atoms with van der Waals surface area (Å²) in [5.74, 6) is 0.103. The predicted octanol–water partition coefficient (Wildman–Crippen LogP) is 3.26. The lowest BCUT2D eigenvalue weighted by molar-refractivity contribution is 0.0464. The monoisotopic (exact) mass is 362 g/mol. The number of rotatable bonds is 8. The minimum absolute atomic E-state index is 0.0103. The van der Waals surface area contributed by atoms with Crippen LogP contribution in [-0.4, -0.2) is 35.0 Å². The fourth-order valence-electron chi connectivity index (χ4n) is 2.26. The van der Waals surface area contributed by atoms with Crippen molar-refractivity contribution < 1.29 is 24.1 Å². The third kappa shape index (κ3) is 6.34. The Morgan fingerprint density at radius 2 is 1.88 bits per heavy atom. The Labute approximate surface area is 151 Å². The van der Waals surface area contributed by atoms with E-state index in [0.29, 0.717) is 24.3 Å². The minimum atomic E-state index is -1.09. The Hall–Kier alpha value is -2.64. The number of para-hydroxylation sites is 1. The molecule has 2 aromatic rings. The number of carbonyl (C=O) groups excluding carboxylic acids is 1. The number of aliphatic hydroxyl groups excluding tert-OH is 1. The van der Waals surface area contributed by atoms with Gasteiger partial charge in [0.15, 0.2) is 11.6 Å². The van der Waals surface area contributed by atoms with Gasteiger partial charge in [0, 0.05) is 18.8 Å². The van der Waals surface area contributed by atoms with E-state index in [4.69, 9.17) is 9.84 Å². The van der Waals surface area contributed by atoms with Crippen molar-refractivity contribution in [2.75, 3.05) is 18.5 Å². The van der Waals surface area contributed by atoms with E-state index < -0.39 is 17.4 Å². The molecular weight excluding hydrogens is 339 g/mol. The predicted molar refractivity (Wildman–Crippen MR) is 96.9 cm³/mol. The van der Waals surface area contributed by atoms with Crippen molar-refractivity contribution in [3.05, 3.63) is 54.3 Å². The van der Waals surface area contributed by atoms with E-state index >= 15 is 0 Å². The molecule has 2 rings (SSSR count). The number of amides is 2. The summed E-state index contributed by atoms with van der Waals surface area (Å²) in [5, 5.41) is 24.1. The Morgan fingerprint density at radius 1 is 1.19 bits per heavy atom. The molecule has 0 aromatic heterocycles. The molecule has 0 unspecified atom stereocenters. The number of benzene rings is 2.